The fourth-order valence-corrected chi connectivity index (χ4v) is 3.64. The van der Waals surface area contributed by atoms with Gasteiger partial charge in [0.1, 0.15) is 5.82 Å². The number of benzene rings is 3. The number of rotatable bonds is 1. The first-order chi connectivity index (χ1) is 12.7. The third-order valence-corrected chi connectivity index (χ3v) is 4.82. The van der Waals surface area contributed by atoms with Crippen molar-refractivity contribution < 1.29 is 4.39 Å². The van der Waals surface area contributed by atoms with Crippen molar-refractivity contribution in [2.75, 3.05) is 0 Å². The van der Waals surface area contributed by atoms with Crippen molar-refractivity contribution >= 4 is 38.5 Å². The van der Waals surface area contributed by atoms with Crippen LogP contribution in [0.15, 0.2) is 77.8 Å². The number of hydrogen-bond donors (Lipinski definition) is 1. The van der Waals surface area contributed by atoms with E-state index in [-0.39, 0.29) is 5.82 Å². The lowest BCUT2D eigenvalue weighted by Crippen LogP contribution is -2.10. The fourth-order valence-electron chi connectivity index (χ4n) is 3.64. The van der Waals surface area contributed by atoms with Crippen LogP contribution in [0.1, 0.15) is 0 Å². The number of nitrogens with one attached hydrogen (secondary N) is 1. The molecular weight excluding hydrogens is 325 g/mol. The van der Waals surface area contributed by atoms with Crippen LogP contribution in [0.4, 0.5) is 10.1 Å². The Hall–Kier alpha value is -3.40. The van der Waals surface area contributed by atoms with Gasteiger partial charge in [-0.2, -0.15) is 0 Å². The SMILES string of the molecule is Cn1c2ccc(F)cc2c(=Nc2ccccc2)c2[nH]c3ccccc3c21. The number of halogens is 1. The summed E-state index contributed by atoms with van der Waals surface area (Å²) < 4.78 is 16.1. The summed E-state index contributed by atoms with van der Waals surface area (Å²) in [7, 11) is 2.01. The second kappa shape index (κ2) is 5.56. The molecule has 2 heterocycles. The topological polar surface area (TPSA) is 33.1 Å². The third-order valence-electron chi connectivity index (χ3n) is 4.82. The second-order valence-electron chi connectivity index (χ2n) is 6.41. The van der Waals surface area contributed by atoms with Crippen molar-refractivity contribution in [3.05, 3.63) is 84.0 Å². The molecule has 126 valence electrons. The zero-order chi connectivity index (χ0) is 17.7. The average molecular weight is 341 g/mol. The minimum absolute atomic E-state index is 0.266. The Morgan fingerprint density at radius 1 is 0.885 bits per heavy atom. The Morgan fingerprint density at radius 2 is 1.65 bits per heavy atom. The smallest absolute Gasteiger partial charge is 0.124 e. The molecule has 26 heavy (non-hydrogen) atoms. The van der Waals surface area contributed by atoms with Gasteiger partial charge in [0.2, 0.25) is 0 Å². The molecule has 0 saturated carbocycles. The van der Waals surface area contributed by atoms with Crippen LogP contribution in [0, 0.1) is 5.82 Å². The van der Waals surface area contributed by atoms with E-state index in [1.54, 1.807) is 6.07 Å². The molecule has 0 aliphatic rings. The van der Waals surface area contributed by atoms with Gasteiger partial charge in [-0.1, -0.05) is 36.4 Å². The fraction of sp³-hybridized carbons (Fsp3) is 0.0455. The van der Waals surface area contributed by atoms with E-state index in [1.807, 2.05) is 61.6 Å². The van der Waals surface area contributed by atoms with Gasteiger partial charge in [-0.25, -0.2) is 9.38 Å². The van der Waals surface area contributed by atoms with Gasteiger partial charge < -0.3 is 9.55 Å². The van der Waals surface area contributed by atoms with Crippen LogP contribution in [0.25, 0.3) is 32.8 Å². The largest absolute Gasteiger partial charge is 0.351 e. The summed E-state index contributed by atoms with van der Waals surface area (Å²) in [6, 6.07) is 22.8. The molecule has 0 aliphatic heterocycles. The summed E-state index contributed by atoms with van der Waals surface area (Å²) in [5, 5.41) is 2.67. The second-order valence-corrected chi connectivity index (χ2v) is 6.41. The summed E-state index contributed by atoms with van der Waals surface area (Å²) >= 11 is 0. The van der Waals surface area contributed by atoms with Gasteiger partial charge in [-0.3, -0.25) is 0 Å². The highest BCUT2D eigenvalue weighted by Crippen LogP contribution is 2.27. The highest BCUT2D eigenvalue weighted by Gasteiger charge is 2.13. The van der Waals surface area contributed by atoms with Gasteiger partial charge >= 0.3 is 0 Å². The first-order valence-corrected chi connectivity index (χ1v) is 8.51. The molecule has 0 fully saturated rings. The van der Waals surface area contributed by atoms with E-state index in [0.717, 1.165) is 43.9 Å². The molecule has 0 amide bonds. The summed E-state index contributed by atoms with van der Waals surface area (Å²) in [5.41, 5.74) is 4.80. The Labute approximate surface area is 149 Å². The van der Waals surface area contributed by atoms with Crippen molar-refractivity contribution in [2.24, 2.45) is 12.0 Å². The molecule has 0 atom stereocenters. The van der Waals surface area contributed by atoms with Crippen molar-refractivity contribution in [3.63, 3.8) is 0 Å². The number of aryl methyl sites for hydroxylation is 1. The maximum Gasteiger partial charge on any atom is 0.124 e. The molecule has 0 bridgehead atoms. The predicted octanol–water partition coefficient (Wildman–Crippen LogP) is 5.18. The Bertz CT molecular complexity index is 1340. The third kappa shape index (κ3) is 2.15. The monoisotopic (exact) mass is 341 g/mol. The molecule has 0 unspecified atom stereocenters. The van der Waals surface area contributed by atoms with E-state index in [9.17, 15) is 4.39 Å². The standard InChI is InChI=1S/C22H16FN3/c1-26-19-12-11-14(23)13-17(19)20(24-15-7-3-2-4-8-15)21-22(26)16-9-5-6-10-18(16)25-21/h2-13,25H,1H3. The zero-order valence-corrected chi connectivity index (χ0v) is 14.2. The van der Waals surface area contributed by atoms with Gasteiger partial charge in [-0.05, 0) is 36.4 Å². The normalized spacial score (nSPS) is 12.5. The molecule has 3 aromatic carbocycles. The number of H-pyrrole nitrogens is 1. The Kier molecular flexibility index (Phi) is 3.19. The van der Waals surface area contributed by atoms with E-state index in [0.29, 0.717) is 0 Å². The van der Waals surface area contributed by atoms with Crippen LogP contribution in [0.5, 0.6) is 0 Å². The maximum absolute atomic E-state index is 14.0. The molecular formula is C22H16FN3. The highest BCUT2D eigenvalue weighted by atomic mass is 19.1. The lowest BCUT2D eigenvalue weighted by molar-refractivity contribution is 0.629. The molecule has 0 radical (unpaired) electrons. The van der Waals surface area contributed by atoms with Gasteiger partial charge in [0.05, 0.1) is 27.6 Å². The molecule has 3 nitrogen and oxygen atoms in total. The zero-order valence-electron chi connectivity index (χ0n) is 14.2. The molecule has 0 spiro atoms. The molecule has 0 aliphatic carbocycles. The molecule has 5 rings (SSSR count). The van der Waals surface area contributed by atoms with E-state index < -0.39 is 0 Å². The quantitative estimate of drug-likeness (QED) is 0.436. The molecule has 1 N–H and O–H groups in total. The number of hydrogen-bond acceptors (Lipinski definition) is 1. The van der Waals surface area contributed by atoms with Crippen LogP contribution in [-0.2, 0) is 7.05 Å². The molecule has 4 heteroatoms. The number of para-hydroxylation sites is 2. The minimum atomic E-state index is -0.266. The van der Waals surface area contributed by atoms with E-state index in [4.69, 9.17) is 4.99 Å². The number of nitrogens with zero attached hydrogens (tertiary/aromatic N) is 2. The van der Waals surface area contributed by atoms with Crippen LogP contribution in [-0.4, -0.2) is 9.55 Å². The van der Waals surface area contributed by atoms with Gasteiger partial charge in [0.15, 0.2) is 0 Å². The van der Waals surface area contributed by atoms with Crippen molar-refractivity contribution in [2.45, 2.75) is 0 Å². The Balaban J connectivity index is 2.08. The van der Waals surface area contributed by atoms with Crippen molar-refractivity contribution in [1.29, 1.82) is 0 Å². The van der Waals surface area contributed by atoms with Crippen LogP contribution >= 0.6 is 0 Å². The number of aromatic nitrogens is 2. The lowest BCUT2D eigenvalue weighted by Gasteiger charge is -2.10. The first-order valence-electron chi connectivity index (χ1n) is 8.51. The number of pyridine rings is 1. The van der Waals surface area contributed by atoms with Crippen LogP contribution in [0.2, 0.25) is 0 Å². The summed E-state index contributed by atoms with van der Waals surface area (Å²) in [6.07, 6.45) is 0. The van der Waals surface area contributed by atoms with Gasteiger partial charge in [-0.15, -0.1) is 0 Å². The predicted molar refractivity (Wildman–Crippen MR) is 104 cm³/mol. The summed E-state index contributed by atoms with van der Waals surface area (Å²) in [4.78, 5) is 8.35. The molecule has 0 saturated heterocycles. The van der Waals surface area contributed by atoms with Crippen LogP contribution < -0.4 is 5.36 Å². The van der Waals surface area contributed by atoms with Crippen molar-refractivity contribution in [3.8, 4) is 0 Å². The highest BCUT2D eigenvalue weighted by molar-refractivity contribution is 6.08. The van der Waals surface area contributed by atoms with E-state index >= 15 is 0 Å². The van der Waals surface area contributed by atoms with Crippen LogP contribution in [0.3, 0.4) is 0 Å². The number of aromatic amines is 1. The minimum Gasteiger partial charge on any atom is -0.351 e. The molecule has 2 aromatic heterocycles. The summed E-state index contributed by atoms with van der Waals surface area (Å²) in [6.45, 7) is 0. The number of fused-ring (bicyclic) bond motifs is 4. The Morgan fingerprint density at radius 3 is 2.50 bits per heavy atom. The average Bonchev–Trinajstić information content (AvgIpc) is 3.05. The van der Waals surface area contributed by atoms with E-state index in [2.05, 4.69) is 15.6 Å². The van der Waals surface area contributed by atoms with E-state index in [1.165, 1.54) is 6.07 Å². The maximum atomic E-state index is 14.0. The van der Waals surface area contributed by atoms with Gasteiger partial charge in [0.25, 0.3) is 0 Å². The molecule has 5 aromatic rings. The van der Waals surface area contributed by atoms with Gasteiger partial charge in [0, 0.05) is 23.3 Å². The summed E-state index contributed by atoms with van der Waals surface area (Å²) in [5.74, 6) is -0.266. The van der Waals surface area contributed by atoms with Crippen molar-refractivity contribution in [1.82, 2.24) is 9.55 Å². The lowest BCUT2D eigenvalue weighted by atomic mass is 10.1. The first kappa shape index (κ1) is 14.9.